The first-order valence-electron chi connectivity index (χ1n) is 4.03. The van der Waals surface area contributed by atoms with Gasteiger partial charge in [0.15, 0.2) is 0 Å². The molecule has 0 heterocycles. The molecule has 0 aliphatic heterocycles. The standard InChI is InChI=1S/C9H9F4NS/c1-4-5(2)8(14)6(10)3-7(4)15-9(11,12)13/h3H,14H2,1-2H3. The topological polar surface area (TPSA) is 26.0 Å². The van der Waals surface area contributed by atoms with Gasteiger partial charge in [-0.1, -0.05) is 0 Å². The number of benzene rings is 1. The first kappa shape index (κ1) is 12.2. The zero-order chi connectivity index (χ0) is 11.8. The lowest BCUT2D eigenvalue weighted by Gasteiger charge is -2.12. The van der Waals surface area contributed by atoms with Crippen LogP contribution in [0.25, 0.3) is 0 Å². The summed E-state index contributed by atoms with van der Waals surface area (Å²) in [6.45, 7) is 2.98. The highest BCUT2D eigenvalue weighted by Crippen LogP contribution is 2.40. The van der Waals surface area contributed by atoms with Gasteiger partial charge >= 0.3 is 5.51 Å². The molecule has 1 aromatic carbocycles. The average molecular weight is 239 g/mol. The van der Waals surface area contributed by atoms with Crippen molar-refractivity contribution in [3.8, 4) is 0 Å². The summed E-state index contributed by atoms with van der Waals surface area (Å²) >= 11 is -0.331. The number of hydrogen-bond acceptors (Lipinski definition) is 2. The van der Waals surface area contributed by atoms with Gasteiger partial charge in [-0.05, 0) is 42.8 Å². The van der Waals surface area contributed by atoms with Gasteiger partial charge in [-0.15, -0.1) is 0 Å². The molecule has 84 valence electrons. The third-order valence-corrected chi connectivity index (χ3v) is 2.95. The van der Waals surface area contributed by atoms with Gasteiger partial charge < -0.3 is 5.73 Å². The molecule has 0 aromatic heterocycles. The lowest BCUT2D eigenvalue weighted by molar-refractivity contribution is -0.0328. The Morgan fingerprint density at radius 2 is 1.73 bits per heavy atom. The van der Waals surface area contributed by atoms with Crippen molar-refractivity contribution in [1.29, 1.82) is 0 Å². The van der Waals surface area contributed by atoms with Crippen LogP contribution >= 0.6 is 11.8 Å². The molecule has 0 unspecified atom stereocenters. The van der Waals surface area contributed by atoms with Crippen molar-refractivity contribution in [2.45, 2.75) is 24.3 Å². The number of halogens is 4. The van der Waals surface area contributed by atoms with Crippen molar-refractivity contribution < 1.29 is 17.6 Å². The van der Waals surface area contributed by atoms with E-state index in [0.29, 0.717) is 11.1 Å². The SMILES string of the molecule is Cc1c(SC(F)(F)F)cc(F)c(N)c1C. The second-order valence-electron chi connectivity index (χ2n) is 3.07. The lowest BCUT2D eigenvalue weighted by Crippen LogP contribution is -2.03. The van der Waals surface area contributed by atoms with E-state index >= 15 is 0 Å². The van der Waals surface area contributed by atoms with Gasteiger partial charge in [0.05, 0.1) is 5.69 Å². The molecule has 2 N–H and O–H groups in total. The van der Waals surface area contributed by atoms with Crippen LogP contribution in [0.2, 0.25) is 0 Å². The Hall–Kier alpha value is -0.910. The van der Waals surface area contributed by atoms with Crippen molar-refractivity contribution in [1.82, 2.24) is 0 Å². The zero-order valence-electron chi connectivity index (χ0n) is 8.07. The van der Waals surface area contributed by atoms with Gasteiger partial charge in [0, 0.05) is 4.90 Å². The second-order valence-corrected chi connectivity index (χ2v) is 4.17. The van der Waals surface area contributed by atoms with E-state index in [2.05, 4.69) is 0 Å². The normalized spacial score (nSPS) is 11.9. The van der Waals surface area contributed by atoms with Gasteiger partial charge in [0.25, 0.3) is 0 Å². The molecule has 0 aliphatic rings. The first-order valence-corrected chi connectivity index (χ1v) is 4.85. The number of alkyl halides is 3. The molecule has 15 heavy (non-hydrogen) atoms. The molecule has 0 aliphatic carbocycles. The maximum Gasteiger partial charge on any atom is 0.446 e. The molecule has 1 aromatic rings. The second kappa shape index (κ2) is 3.92. The van der Waals surface area contributed by atoms with Gasteiger partial charge in [-0.2, -0.15) is 13.2 Å². The van der Waals surface area contributed by atoms with E-state index in [1.807, 2.05) is 0 Å². The van der Waals surface area contributed by atoms with E-state index in [9.17, 15) is 17.6 Å². The third kappa shape index (κ3) is 2.77. The molecule has 0 atom stereocenters. The van der Waals surface area contributed by atoms with Gasteiger partial charge in [0.1, 0.15) is 5.82 Å². The van der Waals surface area contributed by atoms with Crippen LogP contribution in [0.4, 0.5) is 23.2 Å². The minimum atomic E-state index is -4.42. The van der Waals surface area contributed by atoms with Crippen LogP contribution in [0, 0.1) is 19.7 Å². The summed E-state index contributed by atoms with van der Waals surface area (Å²) in [5.41, 5.74) is 1.54. The van der Waals surface area contributed by atoms with E-state index < -0.39 is 11.3 Å². The molecule has 0 spiro atoms. The smallest absolute Gasteiger partial charge is 0.396 e. The Kier molecular flexibility index (Phi) is 3.18. The molecule has 0 fully saturated rings. The Labute approximate surface area is 88.7 Å². The van der Waals surface area contributed by atoms with Gasteiger partial charge in [0.2, 0.25) is 0 Å². The maximum absolute atomic E-state index is 13.1. The lowest BCUT2D eigenvalue weighted by atomic mass is 10.1. The highest BCUT2D eigenvalue weighted by molar-refractivity contribution is 8.00. The maximum atomic E-state index is 13.1. The fourth-order valence-corrected chi connectivity index (χ4v) is 1.82. The van der Waals surface area contributed by atoms with E-state index in [-0.39, 0.29) is 22.3 Å². The molecule has 0 radical (unpaired) electrons. The molecule has 0 amide bonds. The minimum absolute atomic E-state index is 0.0981. The fourth-order valence-electron chi connectivity index (χ4n) is 1.10. The van der Waals surface area contributed by atoms with Crippen molar-refractivity contribution in [3.05, 3.63) is 23.0 Å². The van der Waals surface area contributed by atoms with Crippen LogP contribution in [-0.2, 0) is 0 Å². The fraction of sp³-hybridized carbons (Fsp3) is 0.333. The predicted octanol–water partition coefficient (Wildman–Crippen LogP) is 3.64. The van der Waals surface area contributed by atoms with Crippen molar-refractivity contribution >= 4 is 17.4 Å². The van der Waals surface area contributed by atoms with E-state index in [4.69, 9.17) is 5.73 Å². The van der Waals surface area contributed by atoms with Gasteiger partial charge in [-0.3, -0.25) is 0 Å². The molecule has 6 heteroatoms. The van der Waals surface area contributed by atoms with Crippen LogP contribution in [0.15, 0.2) is 11.0 Å². The van der Waals surface area contributed by atoms with Gasteiger partial charge in [-0.25, -0.2) is 4.39 Å². The van der Waals surface area contributed by atoms with E-state index in [0.717, 1.165) is 6.07 Å². The van der Waals surface area contributed by atoms with E-state index in [1.165, 1.54) is 13.8 Å². The highest BCUT2D eigenvalue weighted by Gasteiger charge is 2.30. The monoisotopic (exact) mass is 239 g/mol. The molecule has 1 nitrogen and oxygen atoms in total. The summed E-state index contributed by atoms with van der Waals surface area (Å²) in [6.07, 6.45) is 0. The van der Waals surface area contributed by atoms with Crippen LogP contribution in [0.1, 0.15) is 11.1 Å². The quantitative estimate of drug-likeness (QED) is 0.460. The predicted molar refractivity (Wildman–Crippen MR) is 52.2 cm³/mol. The summed E-state index contributed by atoms with van der Waals surface area (Å²) in [5, 5.41) is 0. The van der Waals surface area contributed by atoms with Crippen LogP contribution in [-0.4, -0.2) is 5.51 Å². The van der Waals surface area contributed by atoms with Crippen LogP contribution < -0.4 is 5.73 Å². The summed E-state index contributed by atoms with van der Waals surface area (Å²) in [6, 6.07) is 0.815. The zero-order valence-corrected chi connectivity index (χ0v) is 8.89. The number of anilines is 1. The summed E-state index contributed by atoms with van der Waals surface area (Å²) in [5.74, 6) is -0.815. The van der Waals surface area contributed by atoms with E-state index in [1.54, 1.807) is 0 Å². The third-order valence-electron chi connectivity index (χ3n) is 2.08. The van der Waals surface area contributed by atoms with Crippen LogP contribution in [0.5, 0.6) is 0 Å². The van der Waals surface area contributed by atoms with Crippen molar-refractivity contribution in [2.75, 3.05) is 5.73 Å². The number of thioether (sulfide) groups is 1. The number of nitrogens with two attached hydrogens (primary N) is 1. The highest BCUT2D eigenvalue weighted by atomic mass is 32.2. The largest absolute Gasteiger partial charge is 0.446 e. The molecule has 0 bridgehead atoms. The first-order chi connectivity index (χ1) is 6.72. The Bertz CT molecular complexity index is 387. The number of rotatable bonds is 1. The van der Waals surface area contributed by atoms with Crippen molar-refractivity contribution in [3.63, 3.8) is 0 Å². The Morgan fingerprint density at radius 1 is 1.20 bits per heavy atom. The average Bonchev–Trinajstić information content (AvgIpc) is 2.08. The number of hydrogen-bond donors (Lipinski definition) is 1. The Balaban J connectivity index is 3.21. The number of nitrogen functional groups attached to an aromatic ring is 1. The summed E-state index contributed by atoms with van der Waals surface area (Å²) in [7, 11) is 0. The van der Waals surface area contributed by atoms with Crippen LogP contribution in [0.3, 0.4) is 0 Å². The minimum Gasteiger partial charge on any atom is -0.396 e. The van der Waals surface area contributed by atoms with Crippen molar-refractivity contribution in [2.24, 2.45) is 0 Å². The summed E-state index contributed by atoms with van der Waals surface area (Å²) in [4.78, 5) is -0.147. The summed E-state index contributed by atoms with van der Waals surface area (Å²) < 4.78 is 49.4. The molecule has 0 saturated carbocycles. The Morgan fingerprint density at radius 3 is 2.20 bits per heavy atom. The molecular formula is C9H9F4NS. The molecule has 1 rings (SSSR count). The molecular weight excluding hydrogens is 230 g/mol. The molecule has 0 saturated heterocycles.